The van der Waals surface area contributed by atoms with Crippen molar-refractivity contribution in [2.75, 3.05) is 26.2 Å². The molecule has 0 radical (unpaired) electrons. The van der Waals surface area contributed by atoms with Crippen LogP contribution in [0.1, 0.15) is 19.3 Å². The summed E-state index contributed by atoms with van der Waals surface area (Å²) in [7, 11) is 0. The topological polar surface area (TPSA) is 82.2 Å². The van der Waals surface area contributed by atoms with Gasteiger partial charge in [-0.3, -0.25) is 9.69 Å². The molecule has 0 aromatic rings. The summed E-state index contributed by atoms with van der Waals surface area (Å²) in [5.41, 5.74) is 5.81. The lowest BCUT2D eigenvalue weighted by Crippen LogP contribution is -2.47. The average Bonchev–Trinajstić information content (AvgIpc) is 2.18. The minimum atomic E-state index is -0.0145. The summed E-state index contributed by atoms with van der Waals surface area (Å²) >= 11 is 0. The van der Waals surface area contributed by atoms with Gasteiger partial charge < -0.3 is 11.1 Å². The largest absolute Gasteiger partial charge is 0.354 e. The molecule has 0 aliphatic carbocycles. The van der Waals surface area contributed by atoms with Gasteiger partial charge in [-0.2, -0.15) is 5.26 Å². The van der Waals surface area contributed by atoms with Crippen LogP contribution < -0.4 is 11.1 Å². The van der Waals surface area contributed by atoms with Crippen LogP contribution in [0.15, 0.2) is 0 Å². The molecule has 3 N–H and O–H groups in total. The number of hydrogen-bond acceptors (Lipinski definition) is 4. The lowest BCUT2D eigenvalue weighted by Gasteiger charge is -2.29. The van der Waals surface area contributed by atoms with E-state index >= 15 is 0 Å². The molecule has 84 valence electrons. The molecule has 0 aromatic carbocycles. The summed E-state index contributed by atoms with van der Waals surface area (Å²) in [6, 6.07) is 2.19. The van der Waals surface area contributed by atoms with Gasteiger partial charge in [-0.25, -0.2) is 0 Å². The number of carbonyl (C=O) groups is 1. The minimum Gasteiger partial charge on any atom is -0.354 e. The van der Waals surface area contributed by atoms with E-state index in [1.807, 2.05) is 6.07 Å². The van der Waals surface area contributed by atoms with Crippen LogP contribution in [0.3, 0.4) is 0 Å². The SMILES string of the molecule is N#CCCNC(=O)CN1CCC[C@@H](N)C1. The lowest BCUT2D eigenvalue weighted by atomic mass is 10.1. The highest BCUT2D eigenvalue weighted by Gasteiger charge is 2.18. The first-order valence-corrected chi connectivity index (χ1v) is 5.34. The molecule has 1 fully saturated rings. The van der Waals surface area contributed by atoms with Gasteiger partial charge in [-0.1, -0.05) is 0 Å². The van der Waals surface area contributed by atoms with Crippen molar-refractivity contribution < 1.29 is 4.79 Å². The Balaban J connectivity index is 2.16. The van der Waals surface area contributed by atoms with Crippen molar-refractivity contribution in [2.45, 2.75) is 25.3 Å². The van der Waals surface area contributed by atoms with E-state index in [0.717, 1.165) is 25.9 Å². The second-order valence-corrected chi connectivity index (χ2v) is 3.90. The first-order chi connectivity index (χ1) is 7.22. The van der Waals surface area contributed by atoms with Gasteiger partial charge in [-0.05, 0) is 19.4 Å². The third kappa shape index (κ3) is 4.77. The van der Waals surface area contributed by atoms with Crippen LogP contribution in [0, 0.1) is 11.3 Å². The summed E-state index contributed by atoms with van der Waals surface area (Å²) in [4.78, 5) is 13.5. The fourth-order valence-corrected chi connectivity index (χ4v) is 1.75. The van der Waals surface area contributed by atoms with Crippen LogP contribution in [-0.4, -0.2) is 43.0 Å². The number of nitriles is 1. The van der Waals surface area contributed by atoms with Gasteiger partial charge in [-0.15, -0.1) is 0 Å². The second-order valence-electron chi connectivity index (χ2n) is 3.90. The molecule has 1 aliphatic rings. The van der Waals surface area contributed by atoms with E-state index in [1.54, 1.807) is 0 Å². The van der Waals surface area contributed by atoms with Crippen molar-refractivity contribution in [1.82, 2.24) is 10.2 Å². The van der Waals surface area contributed by atoms with Crippen LogP contribution in [0.2, 0.25) is 0 Å². The minimum absolute atomic E-state index is 0.0145. The number of piperidine rings is 1. The lowest BCUT2D eigenvalue weighted by molar-refractivity contribution is -0.122. The summed E-state index contributed by atoms with van der Waals surface area (Å²) in [6.45, 7) is 2.58. The summed E-state index contributed by atoms with van der Waals surface area (Å²) in [5.74, 6) is -0.0145. The summed E-state index contributed by atoms with van der Waals surface area (Å²) in [5, 5.41) is 11.0. The van der Waals surface area contributed by atoms with Crippen LogP contribution in [-0.2, 0) is 4.79 Å². The number of hydrogen-bond donors (Lipinski definition) is 2. The van der Waals surface area contributed by atoms with E-state index in [-0.39, 0.29) is 11.9 Å². The molecule has 0 spiro atoms. The first kappa shape index (κ1) is 12.0. The van der Waals surface area contributed by atoms with Crippen LogP contribution >= 0.6 is 0 Å². The molecule has 1 aliphatic heterocycles. The van der Waals surface area contributed by atoms with E-state index in [4.69, 9.17) is 11.0 Å². The molecule has 1 amide bonds. The molecular formula is C10H18N4O. The maximum absolute atomic E-state index is 11.4. The molecule has 1 rings (SSSR count). The zero-order valence-electron chi connectivity index (χ0n) is 8.91. The smallest absolute Gasteiger partial charge is 0.234 e. The van der Waals surface area contributed by atoms with Gasteiger partial charge >= 0.3 is 0 Å². The van der Waals surface area contributed by atoms with Crippen LogP contribution in [0.5, 0.6) is 0 Å². The molecular weight excluding hydrogens is 192 g/mol. The van der Waals surface area contributed by atoms with Gasteiger partial charge in [0.05, 0.1) is 19.0 Å². The van der Waals surface area contributed by atoms with Gasteiger partial charge in [0.2, 0.25) is 5.91 Å². The zero-order chi connectivity index (χ0) is 11.1. The molecule has 1 atom stereocenters. The molecule has 5 nitrogen and oxygen atoms in total. The van der Waals surface area contributed by atoms with Crippen molar-refractivity contribution in [1.29, 1.82) is 5.26 Å². The van der Waals surface area contributed by atoms with Crippen molar-refractivity contribution in [2.24, 2.45) is 5.73 Å². The number of rotatable bonds is 4. The second kappa shape index (κ2) is 6.38. The van der Waals surface area contributed by atoms with E-state index in [9.17, 15) is 4.79 Å². The predicted octanol–water partition coefficient (Wildman–Crippen LogP) is -0.561. The Morgan fingerprint density at radius 2 is 2.47 bits per heavy atom. The number of nitrogens with one attached hydrogen (secondary N) is 1. The predicted molar refractivity (Wildman–Crippen MR) is 56.9 cm³/mol. The maximum atomic E-state index is 11.4. The van der Waals surface area contributed by atoms with Gasteiger partial charge in [0.25, 0.3) is 0 Å². The standard InChI is InChI=1S/C10H18N4O/c11-4-2-5-13-10(15)8-14-6-1-3-9(12)7-14/h9H,1-3,5-8,12H2,(H,13,15)/t9-/m1/s1. The number of likely N-dealkylation sites (tertiary alicyclic amines) is 1. The zero-order valence-corrected chi connectivity index (χ0v) is 8.91. The third-order valence-electron chi connectivity index (χ3n) is 2.47. The number of amides is 1. The molecule has 1 heterocycles. The van der Waals surface area contributed by atoms with Gasteiger partial charge in [0.1, 0.15) is 0 Å². The number of carbonyl (C=O) groups excluding carboxylic acids is 1. The average molecular weight is 210 g/mol. The highest BCUT2D eigenvalue weighted by Crippen LogP contribution is 2.06. The van der Waals surface area contributed by atoms with E-state index in [1.165, 1.54) is 0 Å². The fourth-order valence-electron chi connectivity index (χ4n) is 1.75. The Kier molecular flexibility index (Phi) is 5.08. The van der Waals surface area contributed by atoms with E-state index in [0.29, 0.717) is 19.5 Å². The molecule has 0 saturated carbocycles. The molecule has 5 heteroatoms. The molecule has 0 bridgehead atoms. The van der Waals surface area contributed by atoms with Gasteiger partial charge in [0.15, 0.2) is 0 Å². The monoisotopic (exact) mass is 210 g/mol. The molecule has 0 unspecified atom stereocenters. The third-order valence-corrected chi connectivity index (χ3v) is 2.47. The molecule has 0 aromatic heterocycles. The Labute approximate surface area is 90.2 Å². The Bertz CT molecular complexity index is 248. The summed E-state index contributed by atoms with van der Waals surface area (Å²) < 4.78 is 0. The van der Waals surface area contributed by atoms with Crippen molar-refractivity contribution in [3.05, 3.63) is 0 Å². The van der Waals surface area contributed by atoms with Gasteiger partial charge in [0, 0.05) is 19.1 Å². The maximum Gasteiger partial charge on any atom is 0.234 e. The quantitative estimate of drug-likeness (QED) is 0.609. The number of nitrogens with two attached hydrogens (primary N) is 1. The van der Waals surface area contributed by atoms with Crippen molar-refractivity contribution >= 4 is 5.91 Å². The fraction of sp³-hybridized carbons (Fsp3) is 0.800. The van der Waals surface area contributed by atoms with Crippen molar-refractivity contribution in [3.8, 4) is 6.07 Å². The highest BCUT2D eigenvalue weighted by molar-refractivity contribution is 5.78. The highest BCUT2D eigenvalue weighted by atomic mass is 16.2. The Morgan fingerprint density at radius 3 is 3.13 bits per heavy atom. The number of nitrogens with zero attached hydrogens (tertiary/aromatic N) is 2. The molecule has 1 saturated heterocycles. The van der Waals surface area contributed by atoms with Crippen molar-refractivity contribution in [3.63, 3.8) is 0 Å². The Hall–Kier alpha value is -1.12. The summed E-state index contributed by atoms with van der Waals surface area (Å²) in [6.07, 6.45) is 2.48. The Morgan fingerprint density at radius 1 is 1.67 bits per heavy atom. The van der Waals surface area contributed by atoms with E-state index in [2.05, 4.69) is 10.2 Å². The molecule has 15 heavy (non-hydrogen) atoms. The van der Waals surface area contributed by atoms with Crippen LogP contribution in [0.4, 0.5) is 0 Å². The van der Waals surface area contributed by atoms with E-state index < -0.39 is 0 Å². The first-order valence-electron chi connectivity index (χ1n) is 5.34. The normalized spacial score (nSPS) is 22.0. The van der Waals surface area contributed by atoms with Crippen LogP contribution in [0.25, 0.3) is 0 Å².